The van der Waals surface area contributed by atoms with Crippen LogP contribution in [-0.4, -0.2) is 39.6 Å². The first-order valence-corrected chi connectivity index (χ1v) is 63.9. The summed E-state index contributed by atoms with van der Waals surface area (Å²) in [6.45, 7) is 18.1. The molecule has 0 spiro atoms. The standard InChI is InChI=1S/C138H228O6/c1-7-13-19-25-31-37-43-49-55-61-67-73-79-85-109-139-133-121-97-91-98-122(133)116-124-100-93-102-126(135(124)141-111-87-81-75-69-63-57-51-45-39-33-27-21-15-9-3)118-128-104-95-106-130(137(128)143-113-89-83-77-71-65-59-53-47-41-35-29-23-17-11-5)120-132-108-96-107-131(138(132)144-114-90-84-78-72-66-60-54-48-42-36-30-24-18-12-6)119-129-105-94-103-127(136(129)142-112-88-82-76-70-64-58-52-46-40-34-28-22-16-10-4)117-125-101-92-99-123(115-121)134(125)140-110-86-80-74-68-62-56-50-44-38-32-26-20-14-8-2/h91-108H,7-90,109-120H2,1-6H3. The van der Waals surface area contributed by atoms with Crippen LogP contribution in [0.25, 0.3) is 0 Å². The summed E-state index contributed by atoms with van der Waals surface area (Å²) >= 11 is 0. The molecule has 7 rings (SSSR count). The van der Waals surface area contributed by atoms with E-state index in [1.165, 1.54) is 568 Å². The van der Waals surface area contributed by atoms with Crippen LogP contribution in [0.5, 0.6) is 34.5 Å². The Kier molecular flexibility index (Phi) is 78.0. The van der Waals surface area contributed by atoms with E-state index in [9.17, 15) is 0 Å². The highest BCUT2D eigenvalue weighted by Crippen LogP contribution is 2.42. The Balaban J connectivity index is 1.29. The normalized spacial score (nSPS) is 12.2. The summed E-state index contributed by atoms with van der Waals surface area (Å²) in [6.07, 6.45) is 116. The molecule has 0 aliphatic heterocycles. The Hall–Kier alpha value is -5.88. The fourth-order valence-corrected chi connectivity index (χ4v) is 22.7. The van der Waals surface area contributed by atoms with E-state index in [1.807, 2.05) is 0 Å². The molecule has 0 amide bonds. The summed E-state index contributed by atoms with van der Waals surface area (Å²) in [5.41, 5.74) is 14.8. The second-order valence-corrected chi connectivity index (χ2v) is 45.2. The largest absolute Gasteiger partial charge is 0.493 e. The van der Waals surface area contributed by atoms with Crippen molar-refractivity contribution in [1.82, 2.24) is 0 Å². The maximum Gasteiger partial charge on any atom is 0.126 e. The lowest BCUT2D eigenvalue weighted by Crippen LogP contribution is -2.10. The number of fused-ring (bicyclic) bond motifs is 12. The van der Waals surface area contributed by atoms with Gasteiger partial charge in [-0.15, -0.1) is 0 Å². The van der Waals surface area contributed by atoms with Crippen LogP contribution in [0.3, 0.4) is 0 Å². The third kappa shape index (κ3) is 59.6. The summed E-state index contributed by atoms with van der Waals surface area (Å²) in [5.74, 6) is 6.24. The lowest BCUT2D eigenvalue weighted by Gasteiger charge is -2.23. The predicted octanol–water partition coefficient (Wildman–Crippen LogP) is 44.7. The molecule has 0 heterocycles. The number of benzene rings is 6. The molecule has 816 valence electrons. The van der Waals surface area contributed by atoms with Gasteiger partial charge in [-0.3, -0.25) is 0 Å². The second kappa shape index (κ2) is 89.9. The van der Waals surface area contributed by atoms with Crippen molar-refractivity contribution in [3.05, 3.63) is 176 Å². The van der Waals surface area contributed by atoms with E-state index in [1.54, 1.807) is 0 Å². The quantitative estimate of drug-likeness (QED) is 0.0354. The highest BCUT2D eigenvalue weighted by Gasteiger charge is 2.25. The summed E-state index contributed by atoms with van der Waals surface area (Å²) < 4.78 is 45.1. The summed E-state index contributed by atoms with van der Waals surface area (Å²) in [5, 5.41) is 0. The van der Waals surface area contributed by atoms with Crippen LogP contribution in [0.4, 0.5) is 0 Å². The molecule has 0 saturated carbocycles. The molecule has 0 radical (unpaired) electrons. The van der Waals surface area contributed by atoms with E-state index in [4.69, 9.17) is 28.4 Å². The van der Waals surface area contributed by atoms with Crippen LogP contribution < -0.4 is 28.4 Å². The zero-order valence-corrected chi connectivity index (χ0v) is 95.7. The highest BCUT2D eigenvalue weighted by molar-refractivity contribution is 5.57. The SMILES string of the molecule is CCCCCCCCCCCCCCCCOc1c2cccc1Cc1cccc(c1OCCCCCCCCCCCCCCCC)Cc1cccc(c1OCCCCCCCCCCCCCCCC)Cc1cccc(c1OCCCCCCCCCCCCCCCC)Cc1cccc(c1OCCCCCCCCCCCCCCCC)Cc1cccc(c1OCCCCCCCCCCCCCCCC)C2. The minimum Gasteiger partial charge on any atom is -0.493 e. The molecule has 1 aliphatic carbocycles. The van der Waals surface area contributed by atoms with Crippen molar-refractivity contribution in [1.29, 1.82) is 0 Å². The van der Waals surface area contributed by atoms with Crippen molar-refractivity contribution in [3.8, 4) is 34.5 Å². The van der Waals surface area contributed by atoms with Crippen molar-refractivity contribution in [2.45, 2.75) is 619 Å². The zero-order valence-electron chi connectivity index (χ0n) is 95.7. The van der Waals surface area contributed by atoms with Gasteiger partial charge in [-0.25, -0.2) is 0 Å². The van der Waals surface area contributed by atoms with E-state index in [-0.39, 0.29) is 0 Å². The average Bonchev–Trinajstić information content (AvgIpc) is 0.790. The summed E-state index contributed by atoms with van der Waals surface area (Å²) in [4.78, 5) is 0. The van der Waals surface area contributed by atoms with Crippen LogP contribution in [0.15, 0.2) is 109 Å². The summed E-state index contributed by atoms with van der Waals surface area (Å²) in [6, 6.07) is 42.6. The number of hydrogen-bond acceptors (Lipinski definition) is 6. The maximum atomic E-state index is 7.51. The Morgan fingerprint density at radius 1 is 0.111 bits per heavy atom. The van der Waals surface area contributed by atoms with E-state index < -0.39 is 0 Å². The van der Waals surface area contributed by atoms with Gasteiger partial charge >= 0.3 is 0 Å². The van der Waals surface area contributed by atoms with Crippen molar-refractivity contribution >= 4 is 0 Å². The molecule has 12 bridgehead atoms. The second-order valence-electron chi connectivity index (χ2n) is 45.2. The minimum absolute atomic E-state index is 0.695. The van der Waals surface area contributed by atoms with Crippen LogP contribution >= 0.6 is 0 Å². The average molecular weight is 1980 g/mol. The Morgan fingerprint density at radius 2 is 0.188 bits per heavy atom. The third-order valence-electron chi connectivity index (χ3n) is 31.8. The zero-order chi connectivity index (χ0) is 101. The molecule has 6 aromatic rings. The smallest absolute Gasteiger partial charge is 0.126 e. The van der Waals surface area contributed by atoms with Gasteiger partial charge in [0.1, 0.15) is 34.5 Å². The van der Waals surface area contributed by atoms with Gasteiger partial charge in [-0.05, 0) is 105 Å². The molecule has 0 N–H and O–H groups in total. The van der Waals surface area contributed by atoms with Gasteiger partial charge in [0, 0.05) is 38.5 Å². The Labute approximate surface area is 892 Å². The lowest BCUT2D eigenvalue weighted by molar-refractivity contribution is 0.293. The van der Waals surface area contributed by atoms with Gasteiger partial charge in [-0.2, -0.15) is 0 Å². The van der Waals surface area contributed by atoms with Gasteiger partial charge in [0.25, 0.3) is 0 Å². The van der Waals surface area contributed by atoms with Crippen molar-refractivity contribution in [2.24, 2.45) is 0 Å². The lowest BCUT2D eigenvalue weighted by atomic mass is 9.91. The van der Waals surface area contributed by atoms with Crippen molar-refractivity contribution in [2.75, 3.05) is 39.6 Å². The van der Waals surface area contributed by atoms with Gasteiger partial charge < -0.3 is 28.4 Å². The van der Waals surface area contributed by atoms with Crippen LogP contribution in [-0.2, 0) is 38.5 Å². The topological polar surface area (TPSA) is 55.4 Å². The molecule has 0 saturated heterocycles. The first-order chi connectivity index (χ1) is 71.5. The van der Waals surface area contributed by atoms with E-state index in [0.29, 0.717) is 78.2 Å². The fourth-order valence-electron chi connectivity index (χ4n) is 22.7. The highest BCUT2D eigenvalue weighted by atomic mass is 16.5. The van der Waals surface area contributed by atoms with Gasteiger partial charge in [-0.1, -0.05) is 652 Å². The molecule has 0 atom stereocenters. The van der Waals surface area contributed by atoms with Crippen LogP contribution in [0.2, 0.25) is 0 Å². The number of ether oxygens (including phenoxy) is 6. The monoisotopic (exact) mass is 1980 g/mol. The third-order valence-corrected chi connectivity index (χ3v) is 31.8. The van der Waals surface area contributed by atoms with E-state index in [0.717, 1.165) is 73.0 Å². The van der Waals surface area contributed by atoms with Gasteiger partial charge in [0.15, 0.2) is 0 Å². The molecular formula is C138H228O6. The molecule has 0 unspecified atom stereocenters. The van der Waals surface area contributed by atoms with Crippen LogP contribution in [0.1, 0.15) is 648 Å². The number of para-hydroxylation sites is 6. The first-order valence-electron chi connectivity index (χ1n) is 63.9. The molecule has 6 heteroatoms. The molecule has 144 heavy (non-hydrogen) atoms. The molecule has 6 aromatic carbocycles. The molecular weight excluding hydrogens is 1750 g/mol. The van der Waals surface area contributed by atoms with Crippen molar-refractivity contribution < 1.29 is 28.4 Å². The van der Waals surface area contributed by atoms with Crippen molar-refractivity contribution in [3.63, 3.8) is 0 Å². The molecule has 0 aromatic heterocycles. The molecule has 1 aliphatic rings. The summed E-state index contributed by atoms with van der Waals surface area (Å²) in [7, 11) is 0. The number of hydrogen-bond donors (Lipinski definition) is 0. The minimum atomic E-state index is 0.695. The Bertz CT molecular complexity index is 3150. The predicted molar refractivity (Wildman–Crippen MR) is 630 cm³/mol. The maximum absolute atomic E-state index is 7.51. The van der Waals surface area contributed by atoms with E-state index in [2.05, 4.69) is 151 Å². The van der Waals surface area contributed by atoms with Gasteiger partial charge in [0.2, 0.25) is 0 Å². The number of unbranched alkanes of at least 4 members (excludes halogenated alkanes) is 78. The molecule has 0 fully saturated rings. The van der Waals surface area contributed by atoms with E-state index >= 15 is 0 Å². The molecule has 6 nitrogen and oxygen atoms in total. The van der Waals surface area contributed by atoms with Gasteiger partial charge in [0.05, 0.1) is 39.6 Å². The number of rotatable bonds is 96. The van der Waals surface area contributed by atoms with Crippen LogP contribution in [0, 0.1) is 0 Å². The first kappa shape index (κ1) is 125. The Morgan fingerprint density at radius 3 is 0.271 bits per heavy atom. The fraction of sp³-hybridized carbons (Fsp3) is 0.739.